The average Bonchev–Trinajstić information content (AvgIpc) is 2.43. The quantitative estimate of drug-likeness (QED) is 0.385. The predicted molar refractivity (Wildman–Crippen MR) is 75.4 cm³/mol. The Hall–Kier alpha value is -1.29. The molecule has 0 atom stereocenters. The van der Waals surface area contributed by atoms with Gasteiger partial charge in [-0.1, -0.05) is 18.2 Å². The Balaban J connectivity index is 2.33. The van der Waals surface area contributed by atoms with Crippen LogP contribution in [0.3, 0.4) is 0 Å². The molecule has 124 valence electrons. The van der Waals surface area contributed by atoms with Gasteiger partial charge in [-0.3, -0.25) is 0 Å². The maximum absolute atomic E-state index is 12.5. The van der Waals surface area contributed by atoms with Crippen molar-refractivity contribution >= 4 is 10.1 Å². The van der Waals surface area contributed by atoms with Gasteiger partial charge in [0.05, 0.1) is 0 Å². The van der Waals surface area contributed by atoms with Gasteiger partial charge < -0.3 is 4.18 Å². The Labute approximate surface area is 142 Å². The van der Waals surface area contributed by atoms with E-state index in [-0.39, 0.29) is 5.75 Å². The number of halogens is 4. The van der Waals surface area contributed by atoms with Crippen LogP contribution >= 0.6 is 0 Å². The van der Waals surface area contributed by atoms with E-state index in [0.717, 1.165) is 14.7 Å². The Kier molecular flexibility index (Phi) is 5.24. The molecule has 8 heteroatoms. The van der Waals surface area contributed by atoms with Gasteiger partial charge in [0.2, 0.25) is 3.57 Å². The van der Waals surface area contributed by atoms with Gasteiger partial charge in [0.15, 0.2) is 9.32 Å². The van der Waals surface area contributed by atoms with Gasteiger partial charge in [-0.15, -0.1) is 0 Å². The van der Waals surface area contributed by atoms with E-state index in [2.05, 4.69) is 4.18 Å². The molecule has 0 radical (unpaired) electrons. The second-order valence-corrected chi connectivity index (χ2v) is 9.22. The summed E-state index contributed by atoms with van der Waals surface area (Å²) in [5.74, 6) is -0.268. The van der Waals surface area contributed by atoms with Crippen molar-refractivity contribution in [3.63, 3.8) is 0 Å². The monoisotopic (exact) mass is 457 g/mol. The molecule has 0 saturated heterocycles. The molecular weight excluding hydrogens is 444 g/mol. The van der Waals surface area contributed by atoms with E-state index in [0.29, 0.717) is 3.57 Å². The van der Waals surface area contributed by atoms with Gasteiger partial charge in [0, 0.05) is 0 Å². The van der Waals surface area contributed by atoms with Gasteiger partial charge in [-0.25, -0.2) is 0 Å². The lowest BCUT2D eigenvalue weighted by Gasteiger charge is -2.08. The SMILES string of the molecule is Cc1ccc([I+]c2ccccc2OS(=O)(=O)C(F)(F)F)cc1C. The molecule has 0 spiro atoms. The van der Waals surface area contributed by atoms with Crippen molar-refractivity contribution in [2.24, 2.45) is 0 Å². The summed E-state index contributed by atoms with van der Waals surface area (Å²) in [6.45, 7) is 3.91. The third-order valence-electron chi connectivity index (χ3n) is 3.00. The Morgan fingerprint density at radius 2 is 1.65 bits per heavy atom. The first-order chi connectivity index (χ1) is 10.6. The minimum Gasteiger partial charge on any atom is -0.371 e. The zero-order valence-corrected chi connectivity index (χ0v) is 15.2. The topological polar surface area (TPSA) is 43.4 Å². The predicted octanol–water partition coefficient (Wildman–Crippen LogP) is 0.660. The molecule has 0 fully saturated rings. The average molecular weight is 457 g/mol. The van der Waals surface area contributed by atoms with Crippen LogP contribution in [0.4, 0.5) is 13.2 Å². The maximum atomic E-state index is 12.5. The molecule has 0 amide bonds. The molecule has 0 unspecified atom stereocenters. The molecule has 3 nitrogen and oxygen atoms in total. The van der Waals surface area contributed by atoms with Crippen molar-refractivity contribution in [2.75, 3.05) is 0 Å². The largest absolute Gasteiger partial charge is 0.534 e. The minimum absolute atomic E-state index is 0.268. The summed E-state index contributed by atoms with van der Waals surface area (Å²) in [5, 5.41) is 0. The van der Waals surface area contributed by atoms with Crippen molar-refractivity contribution < 1.29 is 47.0 Å². The first-order valence-corrected chi connectivity index (χ1v) is 9.98. The summed E-state index contributed by atoms with van der Waals surface area (Å²) in [4.78, 5) is 0. The lowest BCUT2D eigenvalue weighted by atomic mass is 10.1. The zero-order valence-electron chi connectivity index (χ0n) is 12.2. The maximum Gasteiger partial charge on any atom is 0.534 e. The standard InChI is InChI=1S/C15H13F3IO3S/c1-10-7-8-12(9-11(10)2)19-13-5-3-4-6-14(13)22-23(20,21)15(16,17)18/h3-9H,1-2H3/q+1. The normalized spacial score (nSPS) is 12.2. The second kappa shape index (κ2) is 6.68. The molecule has 0 heterocycles. The molecule has 2 aromatic carbocycles. The number of alkyl halides is 3. The van der Waals surface area contributed by atoms with Crippen molar-refractivity contribution in [1.82, 2.24) is 0 Å². The molecular formula is C15H13F3IO3S+. The van der Waals surface area contributed by atoms with E-state index < -0.39 is 36.8 Å². The van der Waals surface area contributed by atoms with Crippen molar-refractivity contribution in [3.8, 4) is 5.75 Å². The lowest BCUT2D eigenvalue weighted by molar-refractivity contribution is -0.598. The molecule has 0 aliphatic heterocycles. The van der Waals surface area contributed by atoms with Crippen LogP contribution in [0.25, 0.3) is 0 Å². The van der Waals surface area contributed by atoms with E-state index in [4.69, 9.17) is 0 Å². The Bertz CT molecular complexity index is 817. The summed E-state index contributed by atoms with van der Waals surface area (Å²) in [5.41, 5.74) is -3.26. The number of hydrogen-bond acceptors (Lipinski definition) is 3. The molecule has 0 aliphatic rings. The lowest BCUT2D eigenvalue weighted by Crippen LogP contribution is -3.61. The van der Waals surface area contributed by atoms with E-state index in [1.165, 1.54) is 12.1 Å². The van der Waals surface area contributed by atoms with Crippen LogP contribution in [-0.4, -0.2) is 13.9 Å². The number of hydrogen-bond donors (Lipinski definition) is 0. The smallest absolute Gasteiger partial charge is 0.371 e. The first-order valence-electron chi connectivity index (χ1n) is 6.42. The summed E-state index contributed by atoms with van der Waals surface area (Å²) < 4.78 is 65.5. The van der Waals surface area contributed by atoms with E-state index in [1.807, 2.05) is 32.0 Å². The molecule has 0 N–H and O–H groups in total. The van der Waals surface area contributed by atoms with Crippen LogP contribution in [-0.2, 0) is 10.1 Å². The fourth-order valence-electron chi connectivity index (χ4n) is 1.64. The highest BCUT2D eigenvalue weighted by atomic mass is 127. The van der Waals surface area contributed by atoms with Gasteiger partial charge in [-0.2, -0.15) is 21.6 Å². The highest BCUT2D eigenvalue weighted by Gasteiger charge is 2.49. The molecule has 2 rings (SSSR count). The fraction of sp³-hybridized carbons (Fsp3) is 0.200. The van der Waals surface area contributed by atoms with E-state index in [9.17, 15) is 21.6 Å². The Morgan fingerprint density at radius 1 is 1.00 bits per heavy atom. The number of benzene rings is 2. The number of para-hydroxylation sites is 1. The van der Waals surface area contributed by atoms with Gasteiger partial charge in [0.25, 0.3) is 0 Å². The first kappa shape index (κ1) is 18.1. The second-order valence-electron chi connectivity index (χ2n) is 4.74. The summed E-state index contributed by atoms with van der Waals surface area (Å²) in [6, 6.07) is 11.7. The van der Waals surface area contributed by atoms with Crippen LogP contribution in [0, 0.1) is 21.0 Å². The molecule has 2 aromatic rings. The summed E-state index contributed by atoms with van der Waals surface area (Å²) in [6.07, 6.45) is 0. The van der Waals surface area contributed by atoms with Crippen LogP contribution in [0.1, 0.15) is 11.1 Å². The van der Waals surface area contributed by atoms with Gasteiger partial charge in [0.1, 0.15) is 0 Å². The minimum atomic E-state index is -5.66. The highest BCUT2D eigenvalue weighted by molar-refractivity contribution is 7.87. The fourth-order valence-corrected chi connectivity index (χ4v) is 4.86. The van der Waals surface area contributed by atoms with E-state index in [1.54, 1.807) is 12.1 Å². The van der Waals surface area contributed by atoms with Crippen LogP contribution in [0.2, 0.25) is 0 Å². The Morgan fingerprint density at radius 3 is 2.26 bits per heavy atom. The van der Waals surface area contributed by atoms with Gasteiger partial charge >= 0.3 is 36.8 Å². The molecule has 0 bridgehead atoms. The van der Waals surface area contributed by atoms with Crippen LogP contribution in [0.15, 0.2) is 42.5 Å². The van der Waals surface area contributed by atoms with Crippen LogP contribution < -0.4 is 25.4 Å². The molecule has 0 aromatic heterocycles. The number of rotatable bonds is 4. The third-order valence-corrected chi connectivity index (χ3v) is 6.73. The summed E-state index contributed by atoms with van der Waals surface area (Å²) in [7, 11) is -5.66. The van der Waals surface area contributed by atoms with Crippen molar-refractivity contribution in [1.29, 1.82) is 0 Å². The molecule has 23 heavy (non-hydrogen) atoms. The molecule has 0 saturated carbocycles. The van der Waals surface area contributed by atoms with Crippen molar-refractivity contribution in [2.45, 2.75) is 19.4 Å². The zero-order chi connectivity index (χ0) is 17.3. The van der Waals surface area contributed by atoms with Gasteiger partial charge in [-0.05, 0) is 49.2 Å². The van der Waals surface area contributed by atoms with Crippen molar-refractivity contribution in [3.05, 3.63) is 60.7 Å². The van der Waals surface area contributed by atoms with Crippen LogP contribution in [0.5, 0.6) is 5.75 Å². The van der Waals surface area contributed by atoms with E-state index >= 15 is 0 Å². The third kappa shape index (κ3) is 4.37. The highest BCUT2D eigenvalue weighted by Crippen LogP contribution is 2.26. The molecule has 0 aliphatic carbocycles. The summed E-state index contributed by atoms with van der Waals surface area (Å²) >= 11 is -0.871. The number of aryl methyl sites for hydroxylation is 2.